The van der Waals surface area contributed by atoms with Gasteiger partial charge < -0.3 is 14.4 Å². The lowest BCUT2D eigenvalue weighted by Gasteiger charge is -2.44. The topological polar surface area (TPSA) is 55.8 Å². The Morgan fingerprint density at radius 1 is 1.04 bits per heavy atom. The van der Waals surface area contributed by atoms with Crippen LogP contribution < -0.4 is 4.90 Å². The van der Waals surface area contributed by atoms with Crippen LogP contribution in [0.3, 0.4) is 0 Å². The van der Waals surface area contributed by atoms with Gasteiger partial charge in [-0.15, -0.1) is 0 Å². The maximum Gasteiger partial charge on any atom is 0.346 e. The molecule has 1 aromatic carbocycles. The van der Waals surface area contributed by atoms with Crippen molar-refractivity contribution in [3.63, 3.8) is 0 Å². The number of methoxy groups -OCH3 is 2. The van der Waals surface area contributed by atoms with Crippen LogP contribution in [0.4, 0.5) is 5.69 Å². The molecule has 3 rings (SSSR count). The molecule has 0 saturated carbocycles. The highest BCUT2D eigenvalue weighted by molar-refractivity contribution is 8.29. The summed E-state index contributed by atoms with van der Waals surface area (Å²) in [4.78, 5) is 27.8. The first kappa shape index (κ1) is 20.0. The standard InChI is InChI=1S/C19H19NO4S3/c1-19(2)15(25)12(10-8-6-7-9-11(10)20(19)3)18-26-13(16(21)23-4)14(27-18)17(22)24-5/h6-9H,1-5H3. The lowest BCUT2D eigenvalue weighted by Crippen LogP contribution is -2.50. The molecule has 0 bridgehead atoms. The number of carbonyl (C=O) groups excluding carboxylic acids is 2. The van der Waals surface area contributed by atoms with E-state index in [2.05, 4.69) is 18.7 Å². The summed E-state index contributed by atoms with van der Waals surface area (Å²) in [5, 5.41) is 0. The SMILES string of the molecule is COC(=O)C1=C(C(=O)OC)SC(=C2C(=S)C(C)(C)N(C)c3ccccc32)S1. The summed E-state index contributed by atoms with van der Waals surface area (Å²) in [7, 11) is 4.60. The number of nitrogens with zero attached hydrogens (tertiary/aromatic N) is 1. The average molecular weight is 422 g/mol. The van der Waals surface area contributed by atoms with E-state index < -0.39 is 17.5 Å². The van der Waals surface area contributed by atoms with Crippen LogP contribution in [-0.2, 0) is 19.1 Å². The second-order valence-corrected chi connectivity index (χ2v) is 9.18. The van der Waals surface area contributed by atoms with E-state index in [9.17, 15) is 9.59 Å². The van der Waals surface area contributed by atoms with E-state index >= 15 is 0 Å². The summed E-state index contributed by atoms with van der Waals surface area (Å²) >= 11 is 8.27. The summed E-state index contributed by atoms with van der Waals surface area (Å²) in [6, 6.07) is 7.98. The fraction of sp³-hybridized carbons (Fsp3) is 0.316. The van der Waals surface area contributed by atoms with Gasteiger partial charge in [-0.05, 0) is 19.9 Å². The molecule has 2 aliphatic heterocycles. The second kappa shape index (κ2) is 7.33. The van der Waals surface area contributed by atoms with E-state index in [1.54, 1.807) is 0 Å². The molecule has 0 saturated heterocycles. The van der Waals surface area contributed by atoms with Crippen molar-refractivity contribution < 1.29 is 19.1 Å². The van der Waals surface area contributed by atoms with Gasteiger partial charge in [-0.3, -0.25) is 0 Å². The van der Waals surface area contributed by atoms with Gasteiger partial charge >= 0.3 is 11.9 Å². The summed E-state index contributed by atoms with van der Waals surface area (Å²) < 4.78 is 10.5. The van der Waals surface area contributed by atoms with Crippen LogP contribution in [0.2, 0.25) is 0 Å². The Morgan fingerprint density at radius 2 is 1.56 bits per heavy atom. The minimum Gasteiger partial charge on any atom is -0.465 e. The molecular weight excluding hydrogens is 402 g/mol. The summed E-state index contributed by atoms with van der Waals surface area (Å²) in [5.41, 5.74) is 2.51. The molecule has 0 N–H and O–H groups in total. The third-order valence-electron chi connectivity index (χ3n) is 4.70. The van der Waals surface area contributed by atoms with E-state index in [1.165, 1.54) is 37.7 Å². The van der Waals surface area contributed by atoms with Gasteiger partial charge in [-0.2, -0.15) is 0 Å². The van der Waals surface area contributed by atoms with E-state index in [-0.39, 0.29) is 9.81 Å². The molecule has 0 atom stereocenters. The number of rotatable bonds is 2. The van der Waals surface area contributed by atoms with Gasteiger partial charge in [-0.25, -0.2) is 9.59 Å². The molecule has 0 radical (unpaired) electrons. The molecule has 27 heavy (non-hydrogen) atoms. The minimum atomic E-state index is -0.560. The highest BCUT2D eigenvalue weighted by Gasteiger charge is 2.42. The Labute approximate surface area is 172 Å². The number of fused-ring (bicyclic) bond motifs is 1. The minimum absolute atomic E-state index is 0.230. The van der Waals surface area contributed by atoms with E-state index in [0.29, 0.717) is 0 Å². The molecule has 142 valence electrons. The fourth-order valence-corrected chi connectivity index (χ4v) is 6.00. The molecule has 5 nitrogen and oxygen atoms in total. The number of hydrogen-bond donors (Lipinski definition) is 0. The van der Waals surface area contributed by atoms with E-state index in [0.717, 1.165) is 25.9 Å². The third kappa shape index (κ3) is 3.19. The first-order chi connectivity index (χ1) is 12.7. The maximum absolute atomic E-state index is 12.2. The quantitative estimate of drug-likeness (QED) is 0.404. The van der Waals surface area contributed by atoms with Crippen molar-refractivity contribution in [2.75, 3.05) is 26.2 Å². The molecule has 0 aliphatic carbocycles. The molecule has 2 heterocycles. The highest BCUT2D eigenvalue weighted by atomic mass is 32.2. The zero-order valence-corrected chi connectivity index (χ0v) is 18.1. The third-order valence-corrected chi connectivity index (χ3v) is 7.96. The normalized spacial score (nSPS) is 18.6. The number of thioether (sulfide) groups is 2. The van der Waals surface area contributed by atoms with Crippen molar-refractivity contribution in [3.8, 4) is 0 Å². The van der Waals surface area contributed by atoms with Gasteiger partial charge in [0.05, 0.1) is 24.0 Å². The fourth-order valence-electron chi connectivity index (χ4n) is 2.92. The number of ether oxygens (including phenoxy) is 2. The van der Waals surface area contributed by atoms with Crippen molar-refractivity contribution in [1.82, 2.24) is 0 Å². The molecule has 2 aliphatic rings. The number of thiocarbonyl (C=S) groups is 1. The number of para-hydroxylation sites is 1. The number of hydrogen-bond acceptors (Lipinski definition) is 8. The Morgan fingerprint density at radius 3 is 2.07 bits per heavy atom. The van der Waals surface area contributed by atoms with Crippen LogP contribution >= 0.6 is 35.7 Å². The smallest absolute Gasteiger partial charge is 0.346 e. The van der Waals surface area contributed by atoms with Crippen LogP contribution in [0.25, 0.3) is 5.57 Å². The first-order valence-corrected chi connectivity index (χ1v) is 10.2. The van der Waals surface area contributed by atoms with Gasteiger partial charge in [0.15, 0.2) is 0 Å². The molecule has 0 unspecified atom stereocenters. The first-order valence-electron chi connectivity index (χ1n) is 8.13. The maximum atomic E-state index is 12.2. The lowest BCUT2D eigenvalue weighted by atomic mass is 9.84. The van der Waals surface area contributed by atoms with Gasteiger partial charge in [0, 0.05) is 28.7 Å². The Hall–Kier alpha value is -1.77. The molecule has 0 fully saturated rings. The van der Waals surface area contributed by atoms with Crippen LogP contribution in [0.1, 0.15) is 19.4 Å². The Kier molecular flexibility index (Phi) is 5.42. The zero-order chi connectivity index (χ0) is 19.9. The van der Waals surface area contributed by atoms with Gasteiger partial charge in [-0.1, -0.05) is 53.9 Å². The Bertz CT molecular complexity index is 887. The number of anilines is 1. The van der Waals surface area contributed by atoms with Gasteiger partial charge in [0.25, 0.3) is 0 Å². The largest absolute Gasteiger partial charge is 0.465 e. The van der Waals surface area contributed by atoms with E-state index in [1.807, 2.05) is 31.3 Å². The van der Waals surface area contributed by atoms with E-state index in [4.69, 9.17) is 21.7 Å². The predicted octanol–water partition coefficient (Wildman–Crippen LogP) is 3.99. The summed E-state index contributed by atoms with van der Waals surface area (Å²) in [6.07, 6.45) is 0. The molecule has 0 spiro atoms. The lowest BCUT2D eigenvalue weighted by molar-refractivity contribution is -0.138. The molecule has 8 heteroatoms. The van der Waals surface area contributed by atoms with Crippen LogP contribution in [0.5, 0.6) is 0 Å². The second-order valence-electron chi connectivity index (χ2n) is 6.47. The van der Waals surface area contributed by atoms with Crippen LogP contribution in [0.15, 0.2) is 38.3 Å². The summed E-state index contributed by atoms with van der Waals surface area (Å²) in [6.45, 7) is 4.12. The molecular formula is C19H19NO4S3. The molecule has 0 aromatic heterocycles. The van der Waals surface area contributed by atoms with Crippen LogP contribution in [0, 0.1) is 0 Å². The Balaban J connectivity index is 2.19. The number of carbonyl (C=O) groups is 2. The summed E-state index contributed by atoms with van der Waals surface area (Å²) in [5.74, 6) is -1.12. The van der Waals surface area contributed by atoms with Crippen molar-refractivity contribution in [2.24, 2.45) is 0 Å². The van der Waals surface area contributed by atoms with Crippen molar-refractivity contribution >= 4 is 63.8 Å². The predicted molar refractivity (Wildman–Crippen MR) is 115 cm³/mol. The zero-order valence-electron chi connectivity index (χ0n) is 15.6. The molecule has 0 amide bonds. The highest BCUT2D eigenvalue weighted by Crippen LogP contribution is 2.55. The monoisotopic (exact) mass is 421 g/mol. The number of esters is 2. The van der Waals surface area contributed by atoms with Crippen molar-refractivity contribution in [3.05, 3.63) is 43.9 Å². The van der Waals surface area contributed by atoms with Gasteiger partial charge in [0.2, 0.25) is 0 Å². The number of benzene rings is 1. The average Bonchev–Trinajstić information content (AvgIpc) is 3.10. The van der Waals surface area contributed by atoms with Crippen LogP contribution in [-0.4, -0.2) is 43.6 Å². The molecule has 1 aromatic rings. The van der Waals surface area contributed by atoms with Gasteiger partial charge in [0.1, 0.15) is 9.81 Å². The van der Waals surface area contributed by atoms with Crippen molar-refractivity contribution in [1.29, 1.82) is 0 Å². The van der Waals surface area contributed by atoms with Crippen molar-refractivity contribution in [2.45, 2.75) is 19.4 Å².